The molecule has 23 heavy (non-hydrogen) atoms. The molecule has 0 saturated heterocycles. The first-order valence-corrected chi connectivity index (χ1v) is 7.93. The number of aliphatic hydroxyl groups excluding tert-OH is 1. The van der Waals surface area contributed by atoms with Crippen LogP contribution in [0.15, 0.2) is 23.2 Å². The van der Waals surface area contributed by atoms with Crippen molar-refractivity contribution >= 4 is 40.0 Å². The molecule has 3 rings (SSSR count). The number of thioether (sulfide) groups is 1. The summed E-state index contributed by atoms with van der Waals surface area (Å²) >= 11 is 7.12. The Balaban J connectivity index is 2.29. The van der Waals surface area contributed by atoms with E-state index in [0.717, 1.165) is 4.40 Å². The third kappa shape index (κ3) is 3.08. The van der Waals surface area contributed by atoms with Gasteiger partial charge in [0.1, 0.15) is 5.03 Å². The highest BCUT2D eigenvalue weighted by Gasteiger charge is 2.38. The second kappa shape index (κ2) is 6.14. The highest BCUT2D eigenvalue weighted by molar-refractivity contribution is 7.99. The SMILES string of the molecule is OCCCSc1nc2ccc(Cl)cc2n2c(C(F)(F)F)nnc12. The summed E-state index contributed by atoms with van der Waals surface area (Å²) in [5.74, 6) is -0.613. The van der Waals surface area contributed by atoms with Gasteiger partial charge < -0.3 is 5.11 Å². The number of aromatic nitrogens is 4. The van der Waals surface area contributed by atoms with Gasteiger partial charge in [-0.05, 0) is 24.6 Å². The molecule has 0 unspecified atom stereocenters. The molecule has 0 radical (unpaired) electrons. The first kappa shape index (κ1) is 16.3. The molecule has 0 aliphatic rings. The van der Waals surface area contributed by atoms with Crippen molar-refractivity contribution in [3.05, 3.63) is 29.0 Å². The van der Waals surface area contributed by atoms with Crippen molar-refractivity contribution < 1.29 is 18.3 Å². The summed E-state index contributed by atoms with van der Waals surface area (Å²) in [6.45, 7) is -0.00698. The Morgan fingerprint density at radius 3 is 2.74 bits per heavy atom. The minimum absolute atomic E-state index is 0.00698. The molecular weight excluding hydrogens is 353 g/mol. The number of rotatable bonds is 4. The van der Waals surface area contributed by atoms with E-state index in [9.17, 15) is 13.2 Å². The number of hydrogen-bond acceptors (Lipinski definition) is 5. The van der Waals surface area contributed by atoms with Gasteiger partial charge in [-0.3, -0.25) is 4.40 Å². The van der Waals surface area contributed by atoms with E-state index in [4.69, 9.17) is 16.7 Å². The normalized spacial score (nSPS) is 12.4. The fourth-order valence-electron chi connectivity index (χ4n) is 2.09. The summed E-state index contributed by atoms with van der Waals surface area (Å²) in [5, 5.41) is 16.4. The van der Waals surface area contributed by atoms with Crippen LogP contribution in [0.25, 0.3) is 16.7 Å². The first-order valence-electron chi connectivity index (χ1n) is 6.57. The third-order valence-electron chi connectivity index (χ3n) is 3.05. The first-order chi connectivity index (χ1) is 10.9. The lowest BCUT2D eigenvalue weighted by Gasteiger charge is -2.10. The quantitative estimate of drug-likeness (QED) is 0.569. The van der Waals surface area contributed by atoms with Gasteiger partial charge >= 0.3 is 6.18 Å². The Bertz CT molecular complexity index is 868. The third-order valence-corrected chi connectivity index (χ3v) is 4.32. The average Bonchev–Trinajstić information content (AvgIpc) is 2.93. The Hall–Kier alpha value is -1.58. The second-order valence-electron chi connectivity index (χ2n) is 4.66. The predicted molar refractivity (Wildman–Crippen MR) is 80.7 cm³/mol. The Morgan fingerprint density at radius 1 is 1.26 bits per heavy atom. The Kier molecular flexibility index (Phi) is 4.35. The second-order valence-corrected chi connectivity index (χ2v) is 6.18. The molecular formula is C13H10ClF3N4OS. The fraction of sp³-hybridized carbons (Fsp3) is 0.308. The fourth-order valence-corrected chi connectivity index (χ4v) is 3.15. The summed E-state index contributed by atoms with van der Waals surface area (Å²) in [5.41, 5.74) is 0.574. The van der Waals surface area contributed by atoms with E-state index in [1.807, 2.05) is 0 Å². The molecule has 0 fully saturated rings. The molecule has 0 spiro atoms. The van der Waals surface area contributed by atoms with Gasteiger partial charge in [-0.25, -0.2) is 4.98 Å². The predicted octanol–water partition coefficient (Wildman–Crippen LogP) is 3.42. The van der Waals surface area contributed by atoms with Gasteiger partial charge in [0, 0.05) is 17.4 Å². The molecule has 0 amide bonds. The van der Waals surface area contributed by atoms with Crippen molar-refractivity contribution in [1.29, 1.82) is 0 Å². The van der Waals surface area contributed by atoms with Crippen molar-refractivity contribution in [1.82, 2.24) is 19.6 Å². The Labute approximate surface area is 137 Å². The number of benzene rings is 1. The van der Waals surface area contributed by atoms with Gasteiger partial charge in [-0.1, -0.05) is 11.6 Å². The van der Waals surface area contributed by atoms with Gasteiger partial charge in [-0.2, -0.15) is 13.2 Å². The highest BCUT2D eigenvalue weighted by atomic mass is 35.5. The molecule has 122 valence electrons. The number of aliphatic hydroxyl groups is 1. The van der Waals surface area contributed by atoms with Gasteiger partial charge in [0.05, 0.1) is 11.0 Å². The lowest BCUT2D eigenvalue weighted by molar-refractivity contribution is -0.145. The van der Waals surface area contributed by atoms with Crippen LogP contribution in [0.4, 0.5) is 13.2 Å². The van der Waals surface area contributed by atoms with Gasteiger partial charge in [0.15, 0.2) is 5.65 Å². The smallest absolute Gasteiger partial charge is 0.396 e. The minimum atomic E-state index is -4.65. The van der Waals surface area contributed by atoms with Crippen molar-refractivity contribution in [3.63, 3.8) is 0 Å². The van der Waals surface area contributed by atoms with Crippen molar-refractivity contribution in [2.45, 2.75) is 17.6 Å². The zero-order valence-electron chi connectivity index (χ0n) is 11.5. The van der Waals surface area contributed by atoms with Crippen LogP contribution >= 0.6 is 23.4 Å². The van der Waals surface area contributed by atoms with Crippen LogP contribution in [0, 0.1) is 0 Å². The van der Waals surface area contributed by atoms with Crippen molar-refractivity contribution in [3.8, 4) is 0 Å². The molecule has 2 heterocycles. The largest absolute Gasteiger partial charge is 0.452 e. The zero-order valence-corrected chi connectivity index (χ0v) is 13.1. The summed E-state index contributed by atoms with van der Waals surface area (Å²) in [6, 6.07) is 4.51. The molecule has 3 aromatic rings. The number of fused-ring (bicyclic) bond motifs is 3. The number of nitrogens with zero attached hydrogens (tertiary/aromatic N) is 4. The van der Waals surface area contributed by atoms with E-state index in [0.29, 0.717) is 27.7 Å². The van der Waals surface area contributed by atoms with E-state index in [2.05, 4.69) is 15.2 Å². The molecule has 0 bridgehead atoms. The molecule has 1 aromatic carbocycles. The van der Waals surface area contributed by atoms with Gasteiger partial charge in [-0.15, -0.1) is 22.0 Å². The maximum absolute atomic E-state index is 13.2. The van der Waals surface area contributed by atoms with Crippen molar-refractivity contribution in [2.75, 3.05) is 12.4 Å². The van der Waals surface area contributed by atoms with Gasteiger partial charge in [0.2, 0.25) is 5.82 Å². The van der Waals surface area contributed by atoms with Crippen LogP contribution in [0.1, 0.15) is 12.2 Å². The summed E-state index contributed by atoms with van der Waals surface area (Å²) in [4.78, 5) is 4.34. The van der Waals surface area contributed by atoms with Crippen LogP contribution < -0.4 is 0 Å². The number of hydrogen-bond donors (Lipinski definition) is 1. The average molecular weight is 363 g/mol. The summed E-state index contributed by atoms with van der Waals surface area (Å²) in [7, 11) is 0. The Morgan fingerprint density at radius 2 is 2.04 bits per heavy atom. The van der Waals surface area contributed by atoms with E-state index in [-0.39, 0.29) is 17.8 Å². The van der Waals surface area contributed by atoms with E-state index >= 15 is 0 Å². The van der Waals surface area contributed by atoms with Gasteiger partial charge in [0.25, 0.3) is 0 Å². The molecule has 0 aliphatic heterocycles. The molecule has 5 nitrogen and oxygen atoms in total. The number of halogens is 4. The van der Waals surface area contributed by atoms with E-state index < -0.39 is 12.0 Å². The van der Waals surface area contributed by atoms with Crippen LogP contribution in [-0.4, -0.2) is 37.0 Å². The molecule has 0 atom stereocenters. The monoisotopic (exact) mass is 362 g/mol. The van der Waals surface area contributed by atoms with Crippen LogP contribution in [0.5, 0.6) is 0 Å². The van der Waals surface area contributed by atoms with Crippen molar-refractivity contribution in [2.24, 2.45) is 0 Å². The molecule has 10 heteroatoms. The molecule has 0 saturated carbocycles. The molecule has 1 N–H and O–H groups in total. The van der Waals surface area contributed by atoms with Crippen LogP contribution in [0.3, 0.4) is 0 Å². The topological polar surface area (TPSA) is 63.3 Å². The summed E-state index contributed by atoms with van der Waals surface area (Å²) in [6.07, 6.45) is -4.15. The lowest BCUT2D eigenvalue weighted by Crippen LogP contribution is -2.11. The van der Waals surface area contributed by atoms with E-state index in [1.165, 1.54) is 17.8 Å². The number of alkyl halides is 3. The standard InChI is InChI=1S/C13H10ClF3N4OS/c14-7-2-3-8-9(6-7)21-10(11(18-8)23-5-1-4-22)19-20-12(21)13(15,16)17/h2-3,6,22H,1,4-5H2. The molecule has 2 aromatic heterocycles. The van der Waals surface area contributed by atoms with E-state index in [1.54, 1.807) is 12.1 Å². The summed E-state index contributed by atoms with van der Waals surface area (Å²) < 4.78 is 40.5. The highest BCUT2D eigenvalue weighted by Crippen LogP contribution is 2.33. The lowest BCUT2D eigenvalue weighted by atomic mass is 10.3. The minimum Gasteiger partial charge on any atom is -0.396 e. The molecule has 0 aliphatic carbocycles. The van der Waals surface area contributed by atoms with Crippen LogP contribution in [0.2, 0.25) is 5.02 Å². The maximum Gasteiger partial charge on any atom is 0.452 e. The van der Waals surface area contributed by atoms with Crippen LogP contribution in [-0.2, 0) is 6.18 Å². The maximum atomic E-state index is 13.2. The zero-order chi connectivity index (χ0) is 16.6.